The maximum absolute atomic E-state index is 12.3. The largest absolute Gasteiger partial charge is 0.489 e. The number of nitrogens with one attached hydrogen (secondary N) is 1. The fourth-order valence-corrected chi connectivity index (χ4v) is 3.43. The summed E-state index contributed by atoms with van der Waals surface area (Å²) in [5.41, 5.74) is 5.40. The lowest BCUT2D eigenvalue weighted by atomic mass is 9.96. The summed E-state index contributed by atoms with van der Waals surface area (Å²) in [6.45, 7) is 2.85. The lowest BCUT2D eigenvalue weighted by Gasteiger charge is -2.15. The number of ether oxygens (including phenoxy) is 1. The minimum Gasteiger partial charge on any atom is -0.489 e. The van der Waals surface area contributed by atoms with E-state index in [-0.39, 0.29) is 5.91 Å². The zero-order chi connectivity index (χ0) is 18.8. The molecule has 5 nitrogen and oxygen atoms in total. The monoisotopic (exact) mass is 379 g/mol. The Bertz CT molecular complexity index is 989. The van der Waals surface area contributed by atoms with E-state index >= 15 is 0 Å². The second-order valence-electron chi connectivity index (χ2n) is 6.44. The first-order valence-corrected chi connectivity index (χ1v) is 9.11. The van der Waals surface area contributed by atoms with Gasteiger partial charge in [0.1, 0.15) is 6.61 Å². The minimum absolute atomic E-state index is 0.149. The Morgan fingerprint density at radius 2 is 2.04 bits per heavy atom. The van der Waals surface area contributed by atoms with Gasteiger partial charge in [0.05, 0.1) is 22.8 Å². The molecular weight excluding hydrogens is 362 g/mol. The van der Waals surface area contributed by atoms with E-state index < -0.39 is 0 Å². The van der Waals surface area contributed by atoms with Crippen LogP contribution in [0.3, 0.4) is 0 Å². The molecule has 0 fully saturated rings. The standard InChI is InChI=1S/C21H18ClN3O2/c1-13-16(12-17-20(19(13)22)27-10-9-23-21(17)26)11-14-4-6-15(7-5-14)18-3-2-8-24-25-18/h2-8,12H,9-11H2,1H3,(H,23,26). The Labute approximate surface area is 162 Å². The first kappa shape index (κ1) is 17.5. The van der Waals surface area contributed by atoms with Crippen molar-refractivity contribution in [1.82, 2.24) is 15.5 Å². The van der Waals surface area contributed by atoms with E-state index in [0.29, 0.717) is 35.9 Å². The van der Waals surface area contributed by atoms with Gasteiger partial charge >= 0.3 is 0 Å². The highest BCUT2D eigenvalue weighted by Gasteiger charge is 2.22. The third-order valence-electron chi connectivity index (χ3n) is 4.67. The van der Waals surface area contributed by atoms with Gasteiger partial charge in [0, 0.05) is 11.8 Å². The Morgan fingerprint density at radius 1 is 1.22 bits per heavy atom. The van der Waals surface area contributed by atoms with Gasteiger partial charge < -0.3 is 10.1 Å². The maximum Gasteiger partial charge on any atom is 0.255 e. The number of fused-ring (bicyclic) bond motifs is 1. The van der Waals surface area contributed by atoms with Crippen LogP contribution < -0.4 is 10.1 Å². The normalized spacial score (nSPS) is 13.3. The van der Waals surface area contributed by atoms with Crippen molar-refractivity contribution < 1.29 is 9.53 Å². The van der Waals surface area contributed by atoms with E-state index in [1.807, 2.05) is 37.3 Å². The van der Waals surface area contributed by atoms with E-state index in [1.54, 1.807) is 6.20 Å². The molecule has 6 heteroatoms. The maximum atomic E-state index is 12.3. The van der Waals surface area contributed by atoms with Crippen molar-refractivity contribution in [2.45, 2.75) is 13.3 Å². The molecule has 27 heavy (non-hydrogen) atoms. The molecule has 3 aromatic rings. The molecule has 1 N–H and O–H groups in total. The predicted molar refractivity (Wildman–Crippen MR) is 104 cm³/mol. The second-order valence-corrected chi connectivity index (χ2v) is 6.82. The van der Waals surface area contributed by atoms with Gasteiger partial charge in [-0.05, 0) is 48.2 Å². The fourth-order valence-electron chi connectivity index (χ4n) is 3.15. The number of hydrogen-bond donors (Lipinski definition) is 1. The van der Waals surface area contributed by atoms with Gasteiger partial charge in [-0.3, -0.25) is 4.79 Å². The highest BCUT2D eigenvalue weighted by Crippen LogP contribution is 2.36. The highest BCUT2D eigenvalue weighted by molar-refractivity contribution is 6.33. The van der Waals surface area contributed by atoms with Gasteiger partial charge in [-0.2, -0.15) is 10.2 Å². The van der Waals surface area contributed by atoms with Crippen LogP contribution in [0, 0.1) is 6.92 Å². The van der Waals surface area contributed by atoms with Crippen LogP contribution in [0.4, 0.5) is 0 Å². The molecule has 0 spiro atoms. The van der Waals surface area contributed by atoms with Crippen molar-refractivity contribution in [3.8, 4) is 17.0 Å². The molecule has 1 aromatic heterocycles. The topological polar surface area (TPSA) is 64.1 Å². The molecule has 1 aliphatic heterocycles. The molecule has 4 rings (SSSR count). The lowest BCUT2D eigenvalue weighted by Crippen LogP contribution is -2.24. The second kappa shape index (κ2) is 7.37. The number of carbonyl (C=O) groups is 1. The highest BCUT2D eigenvalue weighted by atomic mass is 35.5. The van der Waals surface area contributed by atoms with Crippen molar-refractivity contribution >= 4 is 17.5 Å². The van der Waals surface area contributed by atoms with Crippen LogP contribution in [-0.2, 0) is 6.42 Å². The first-order chi connectivity index (χ1) is 13.1. The molecule has 136 valence electrons. The van der Waals surface area contributed by atoms with E-state index in [4.69, 9.17) is 16.3 Å². The number of benzene rings is 2. The van der Waals surface area contributed by atoms with Crippen LogP contribution in [0.2, 0.25) is 5.02 Å². The zero-order valence-electron chi connectivity index (χ0n) is 14.8. The summed E-state index contributed by atoms with van der Waals surface area (Å²) in [6, 6.07) is 13.8. The number of halogens is 1. The van der Waals surface area contributed by atoms with Crippen LogP contribution in [0.25, 0.3) is 11.3 Å². The molecule has 0 saturated carbocycles. The quantitative estimate of drug-likeness (QED) is 0.751. The molecule has 0 unspecified atom stereocenters. The van der Waals surface area contributed by atoms with Crippen molar-refractivity contribution in [2.75, 3.05) is 13.2 Å². The van der Waals surface area contributed by atoms with Gasteiger partial charge in [-0.15, -0.1) is 0 Å². The Balaban J connectivity index is 1.65. The molecule has 2 aromatic carbocycles. The zero-order valence-corrected chi connectivity index (χ0v) is 15.6. The van der Waals surface area contributed by atoms with Crippen molar-refractivity contribution in [2.24, 2.45) is 0 Å². The average molecular weight is 380 g/mol. The smallest absolute Gasteiger partial charge is 0.255 e. The molecule has 0 atom stereocenters. The van der Waals surface area contributed by atoms with Gasteiger partial charge in [0.2, 0.25) is 0 Å². The van der Waals surface area contributed by atoms with Gasteiger partial charge in [-0.1, -0.05) is 35.9 Å². The molecule has 0 aliphatic carbocycles. The SMILES string of the molecule is Cc1c(Cc2ccc(-c3cccnn3)cc2)cc2c(c1Cl)OCCNC2=O. The van der Waals surface area contributed by atoms with E-state index in [2.05, 4.69) is 27.6 Å². The van der Waals surface area contributed by atoms with E-state index in [1.165, 1.54) is 0 Å². The molecule has 1 amide bonds. The third-order valence-corrected chi connectivity index (χ3v) is 5.12. The number of rotatable bonds is 3. The summed E-state index contributed by atoms with van der Waals surface area (Å²) in [7, 11) is 0. The Kier molecular flexibility index (Phi) is 4.77. The summed E-state index contributed by atoms with van der Waals surface area (Å²) >= 11 is 6.51. The summed E-state index contributed by atoms with van der Waals surface area (Å²) in [5, 5.41) is 11.4. The number of carbonyl (C=O) groups excluding carboxylic acids is 1. The molecule has 0 bridgehead atoms. The molecule has 0 radical (unpaired) electrons. The number of aromatic nitrogens is 2. The average Bonchev–Trinajstić information content (AvgIpc) is 2.89. The predicted octanol–water partition coefficient (Wildman–Crippen LogP) is 3.82. The summed E-state index contributed by atoms with van der Waals surface area (Å²) < 4.78 is 5.67. The number of nitrogens with zero attached hydrogens (tertiary/aromatic N) is 2. The summed E-state index contributed by atoms with van der Waals surface area (Å²) in [4.78, 5) is 12.3. The fraction of sp³-hybridized carbons (Fsp3) is 0.190. The van der Waals surface area contributed by atoms with Crippen LogP contribution >= 0.6 is 11.6 Å². The van der Waals surface area contributed by atoms with Gasteiger partial charge in [-0.25, -0.2) is 0 Å². The molecule has 0 saturated heterocycles. The van der Waals surface area contributed by atoms with Crippen LogP contribution in [0.5, 0.6) is 5.75 Å². The van der Waals surface area contributed by atoms with Crippen LogP contribution in [-0.4, -0.2) is 29.3 Å². The van der Waals surface area contributed by atoms with Crippen LogP contribution in [0.15, 0.2) is 48.7 Å². The number of amides is 1. The Hall–Kier alpha value is -2.92. The van der Waals surface area contributed by atoms with E-state index in [0.717, 1.165) is 27.9 Å². The minimum atomic E-state index is -0.149. The van der Waals surface area contributed by atoms with Gasteiger partial charge in [0.25, 0.3) is 5.91 Å². The van der Waals surface area contributed by atoms with Crippen molar-refractivity contribution in [1.29, 1.82) is 0 Å². The van der Waals surface area contributed by atoms with Crippen molar-refractivity contribution in [3.05, 3.63) is 75.9 Å². The van der Waals surface area contributed by atoms with Gasteiger partial charge in [0.15, 0.2) is 5.75 Å². The Morgan fingerprint density at radius 3 is 2.78 bits per heavy atom. The lowest BCUT2D eigenvalue weighted by molar-refractivity contribution is 0.0957. The van der Waals surface area contributed by atoms with Crippen molar-refractivity contribution in [3.63, 3.8) is 0 Å². The molecular formula is C21H18ClN3O2. The summed E-state index contributed by atoms with van der Waals surface area (Å²) in [5.74, 6) is 0.328. The molecule has 2 heterocycles. The molecule has 1 aliphatic rings. The number of hydrogen-bond acceptors (Lipinski definition) is 4. The summed E-state index contributed by atoms with van der Waals surface area (Å²) in [6.07, 6.45) is 2.33. The first-order valence-electron chi connectivity index (χ1n) is 8.73. The third kappa shape index (κ3) is 3.51. The van der Waals surface area contributed by atoms with E-state index in [9.17, 15) is 4.79 Å². The van der Waals surface area contributed by atoms with Crippen LogP contribution in [0.1, 0.15) is 27.0 Å².